The molecular formula is C24H27N5O. The van der Waals surface area contributed by atoms with Crippen LogP contribution in [0.25, 0.3) is 11.0 Å². The number of carbonyl (C=O) groups excluding carboxylic acids is 1. The molecule has 1 aromatic heterocycles. The van der Waals surface area contributed by atoms with Crippen molar-refractivity contribution < 1.29 is 4.79 Å². The maximum absolute atomic E-state index is 12.6. The first-order chi connectivity index (χ1) is 14.4. The molecule has 5 rings (SSSR count). The molecule has 2 fully saturated rings. The number of hydrazone groups is 1. The van der Waals surface area contributed by atoms with E-state index in [1.807, 2.05) is 53.2 Å². The van der Waals surface area contributed by atoms with Crippen molar-refractivity contribution in [2.75, 3.05) is 0 Å². The van der Waals surface area contributed by atoms with Gasteiger partial charge in [0.15, 0.2) is 0 Å². The van der Waals surface area contributed by atoms with Crippen molar-refractivity contribution in [1.29, 1.82) is 0 Å². The highest BCUT2D eigenvalue weighted by Crippen LogP contribution is 2.63. The third-order valence-electron chi connectivity index (χ3n) is 7.77. The molecule has 0 spiro atoms. The van der Waals surface area contributed by atoms with Gasteiger partial charge in [0.2, 0.25) is 0 Å². The predicted molar refractivity (Wildman–Crippen MR) is 117 cm³/mol. The highest BCUT2D eigenvalue weighted by atomic mass is 16.2. The second-order valence-corrected chi connectivity index (χ2v) is 9.43. The Morgan fingerprint density at radius 1 is 1.17 bits per heavy atom. The Balaban J connectivity index is 1.27. The molecule has 1 N–H and O–H groups in total. The summed E-state index contributed by atoms with van der Waals surface area (Å²) in [5.41, 5.74) is 7.84. The summed E-state index contributed by atoms with van der Waals surface area (Å²) in [5, 5.41) is 13.0. The van der Waals surface area contributed by atoms with E-state index in [-0.39, 0.29) is 16.7 Å². The molecule has 0 saturated heterocycles. The Bertz CT molecular complexity index is 1140. The van der Waals surface area contributed by atoms with Crippen LogP contribution in [0.4, 0.5) is 0 Å². The SMILES string of the molecule is CC1(C)[C@H]2CC[C@@]1(C)/C(=N/NC(=O)c1ccc(Cn3nnc4ccccc43)cc1)C2. The monoisotopic (exact) mass is 401 g/mol. The van der Waals surface area contributed by atoms with Crippen LogP contribution in [-0.2, 0) is 6.54 Å². The van der Waals surface area contributed by atoms with Crippen molar-refractivity contribution in [3.63, 3.8) is 0 Å². The predicted octanol–water partition coefficient (Wildman–Crippen LogP) is 4.41. The molecule has 0 unspecified atom stereocenters. The van der Waals surface area contributed by atoms with Crippen LogP contribution in [-0.4, -0.2) is 26.6 Å². The number of fused-ring (bicyclic) bond motifs is 3. The number of benzene rings is 2. The molecule has 154 valence electrons. The first-order valence-electron chi connectivity index (χ1n) is 10.6. The number of hydrogen-bond acceptors (Lipinski definition) is 4. The number of para-hydroxylation sites is 1. The molecule has 1 amide bonds. The highest BCUT2D eigenvalue weighted by molar-refractivity contribution is 5.98. The summed E-state index contributed by atoms with van der Waals surface area (Å²) in [4.78, 5) is 12.6. The van der Waals surface area contributed by atoms with Crippen LogP contribution in [0.5, 0.6) is 0 Å². The Morgan fingerprint density at radius 2 is 1.93 bits per heavy atom. The van der Waals surface area contributed by atoms with Crippen molar-refractivity contribution in [3.05, 3.63) is 59.7 Å². The van der Waals surface area contributed by atoms with E-state index in [0.29, 0.717) is 18.0 Å². The molecule has 2 aliphatic rings. The summed E-state index contributed by atoms with van der Waals surface area (Å²) in [5.74, 6) is 0.509. The molecule has 6 heteroatoms. The van der Waals surface area contributed by atoms with Gasteiger partial charge in [-0.05, 0) is 60.4 Å². The van der Waals surface area contributed by atoms with Gasteiger partial charge in [-0.3, -0.25) is 4.79 Å². The fourth-order valence-corrected chi connectivity index (χ4v) is 5.25. The van der Waals surface area contributed by atoms with E-state index in [1.165, 1.54) is 6.42 Å². The van der Waals surface area contributed by atoms with Crippen molar-refractivity contribution in [3.8, 4) is 0 Å². The van der Waals surface area contributed by atoms with Crippen LogP contribution in [0.15, 0.2) is 53.6 Å². The number of aromatic nitrogens is 3. The van der Waals surface area contributed by atoms with Crippen LogP contribution >= 0.6 is 0 Å². The van der Waals surface area contributed by atoms with Crippen molar-refractivity contribution in [2.45, 2.75) is 46.6 Å². The highest BCUT2D eigenvalue weighted by Gasteiger charge is 2.60. The fourth-order valence-electron chi connectivity index (χ4n) is 5.25. The Kier molecular flexibility index (Phi) is 4.27. The summed E-state index contributed by atoms with van der Waals surface area (Å²) in [7, 11) is 0. The smallest absolute Gasteiger partial charge is 0.267 e. The zero-order valence-electron chi connectivity index (χ0n) is 17.7. The van der Waals surface area contributed by atoms with Gasteiger partial charge >= 0.3 is 0 Å². The quantitative estimate of drug-likeness (QED) is 0.658. The topological polar surface area (TPSA) is 72.2 Å². The minimum Gasteiger partial charge on any atom is -0.267 e. The number of carbonyl (C=O) groups is 1. The number of hydrogen-bond donors (Lipinski definition) is 1. The summed E-state index contributed by atoms with van der Waals surface area (Å²) < 4.78 is 1.87. The largest absolute Gasteiger partial charge is 0.271 e. The molecule has 6 nitrogen and oxygen atoms in total. The van der Waals surface area contributed by atoms with Gasteiger partial charge in [0, 0.05) is 16.7 Å². The number of rotatable bonds is 4. The number of nitrogens with one attached hydrogen (secondary N) is 1. The molecule has 30 heavy (non-hydrogen) atoms. The zero-order chi connectivity index (χ0) is 20.9. The minimum atomic E-state index is -0.163. The Hall–Kier alpha value is -3.02. The van der Waals surface area contributed by atoms with Crippen LogP contribution in [0.1, 0.15) is 56.0 Å². The lowest BCUT2D eigenvalue weighted by molar-refractivity contribution is 0.0954. The van der Waals surface area contributed by atoms with E-state index in [1.54, 1.807) is 0 Å². The number of nitrogens with zero attached hydrogens (tertiary/aromatic N) is 4. The fraction of sp³-hybridized carbons (Fsp3) is 0.417. The minimum absolute atomic E-state index is 0.0926. The molecule has 2 aliphatic carbocycles. The standard InChI is InChI=1S/C24H27N5O/c1-23(2)18-12-13-24(23,3)21(14-18)26-27-22(30)17-10-8-16(9-11-17)15-29-20-7-5-4-6-19(20)25-28-29/h4-11,18H,12-15H2,1-3H3,(H,27,30)/b26-21+/t18-,24-/m0/s1. The first kappa shape index (κ1) is 19.0. The van der Waals surface area contributed by atoms with Gasteiger partial charge in [-0.2, -0.15) is 5.10 Å². The van der Waals surface area contributed by atoms with Gasteiger partial charge < -0.3 is 0 Å². The third kappa shape index (κ3) is 2.85. The second-order valence-electron chi connectivity index (χ2n) is 9.43. The van der Waals surface area contributed by atoms with Gasteiger partial charge in [0.25, 0.3) is 5.91 Å². The lowest BCUT2D eigenvalue weighted by Gasteiger charge is -2.34. The van der Waals surface area contributed by atoms with E-state index in [4.69, 9.17) is 0 Å². The van der Waals surface area contributed by atoms with Gasteiger partial charge in [-0.25, -0.2) is 10.1 Å². The van der Waals surface area contributed by atoms with E-state index in [9.17, 15) is 4.79 Å². The molecule has 2 bridgehead atoms. The Labute approximate surface area is 176 Å². The van der Waals surface area contributed by atoms with Gasteiger partial charge in [-0.15, -0.1) is 5.10 Å². The zero-order valence-corrected chi connectivity index (χ0v) is 17.7. The lowest BCUT2D eigenvalue weighted by Crippen LogP contribution is -2.34. The third-order valence-corrected chi connectivity index (χ3v) is 7.77. The number of amides is 1. The van der Waals surface area contributed by atoms with E-state index in [0.717, 1.165) is 35.2 Å². The van der Waals surface area contributed by atoms with Crippen molar-refractivity contribution in [2.24, 2.45) is 21.8 Å². The maximum Gasteiger partial charge on any atom is 0.271 e. The van der Waals surface area contributed by atoms with Crippen LogP contribution in [0, 0.1) is 16.7 Å². The van der Waals surface area contributed by atoms with E-state index < -0.39 is 0 Å². The lowest BCUT2D eigenvalue weighted by atomic mass is 9.70. The normalized spacial score (nSPS) is 25.8. The van der Waals surface area contributed by atoms with Crippen LogP contribution in [0.2, 0.25) is 0 Å². The van der Waals surface area contributed by atoms with E-state index in [2.05, 4.69) is 41.6 Å². The van der Waals surface area contributed by atoms with Crippen LogP contribution in [0.3, 0.4) is 0 Å². The molecule has 3 aromatic rings. The molecule has 2 atom stereocenters. The van der Waals surface area contributed by atoms with Gasteiger partial charge in [0.1, 0.15) is 5.52 Å². The maximum atomic E-state index is 12.6. The average molecular weight is 402 g/mol. The molecule has 0 aliphatic heterocycles. The second kappa shape index (κ2) is 6.76. The van der Waals surface area contributed by atoms with E-state index >= 15 is 0 Å². The molecule has 2 saturated carbocycles. The summed E-state index contributed by atoms with van der Waals surface area (Å²) in [6.45, 7) is 7.59. The molecule has 1 heterocycles. The van der Waals surface area contributed by atoms with Gasteiger partial charge in [-0.1, -0.05) is 50.3 Å². The average Bonchev–Trinajstić information content (AvgIpc) is 3.31. The van der Waals surface area contributed by atoms with Gasteiger partial charge in [0.05, 0.1) is 12.1 Å². The van der Waals surface area contributed by atoms with Crippen molar-refractivity contribution in [1.82, 2.24) is 20.4 Å². The summed E-state index contributed by atoms with van der Waals surface area (Å²) in [6, 6.07) is 15.5. The van der Waals surface area contributed by atoms with Crippen LogP contribution < -0.4 is 5.43 Å². The van der Waals surface area contributed by atoms with Crippen molar-refractivity contribution >= 4 is 22.7 Å². The Morgan fingerprint density at radius 3 is 2.63 bits per heavy atom. The molecular weight excluding hydrogens is 374 g/mol. The first-order valence-corrected chi connectivity index (χ1v) is 10.6. The summed E-state index contributed by atoms with van der Waals surface area (Å²) >= 11 is 0. The molecule has 2 aromatic carbocycles. The molecule has 0 radical (unpaired) electrons. The summed E-state index contributed by atoms with van der Waals surface area (Å²) in [6.07, 6.45) is 3.42.